The van der Waals surface area contributed by atoms with Gasteiger partial charge >= 0.3 is 11.4 Å². The number of benzene rings is 5. The first-order chi connectivity index (χ1) is 26.8. The Morgan fingerprint density at radius 3 is 1.35 bits per heavy atom. The summed E-state index contributed by atoms with van der Waals surface area (Å²) < 4.78 is 0. The summed E-state index contributed by atoms with van der Waals surface area (Å²) in [5.41, 5.74) is 15.7. The standard InChI is InChI=1S/C21H28N4O4.C20H18N4O4/c1-14-11-17(24(26)27)12-18(25(28)29)19(14)23-22-16-9-7-15(8-10-16)21(5,6)13-20(2,3)4;1-14-12-17(23(25)26)13-18(24(27)28)19(14)21-22-20(15-8-4-2-5-9-15)16-10-6-3-7-11-16/h7-12,22-23H,13H2,1-6H3;2-13,20-22H,1H3. The molecular formula is C41H46N8O8. The number of nitrogens with zero attached hydrogens (tertiary/aromatic N) is 4. The van der Waals surface area contributed by atoms with Crippen LogP contribution in [0, 0.1) is 59.7 Å². The second-order valence-electron chi connectivity index (χ2n) is 15.3. The van der Waals surface area contributed by atoms with E-state index in [0.717, 1.165) is 35.4 Å². The highest BCUT2D eigenvalue weighted by Crippen LogP contribution is 2.37. The summed E-state index contributed by atoms with van der Waals surface area (Å²) in [5, 5.41) is 44.8. The lowest BCUT2D eigenvalue weighted by Gasteiger charge is -2.33. The van der Waals surface area contributed by atoms with Crippen LogP contribution in [0.2, 0.25) is 0 Å². The molecule has 0 aliphatic heterocycles. The van der Waals surface area contributed by atoms with E-state index >= 15 is 0 Å². The molecule has 16 heteroatoms. The molecule has 0 spiro atoms. The third-order valence-electron chi connectivity index (χ3n) is 8.99. The highest BCUT2D eigenvalue weighted by atomic mass is 16.6. The van der Waals surface area contributed by atoms with Gasteiger partial charge in [0.25, 0.3) is 11.4 Å². The summed E-state index contributed by atoms with van der Waals surface area (Å²) in [4.78, 5) is 42.2. The first-order valence-corrected chi connectivity index (χ1v) is 17.9. The van der Waals surface area contributed by atoms with Gasteiger partial charge in [0.15, 0.2) is 0 Å². The Bertz CT molecular complexity index is 2190. The summed E-state index contributed by atoms with van der Waals surface area (Å²) in [5.74, 6) is 0. The molecule has 5 rings (SSSR count). The molecule has 0 atom stereocenters. The Kier molecular flexibility index (Phi) is 13.6. The van der Waals surface area contributed by atoms with Gasteiger partial charge in [0.2, 0.25) is 0 Å². The smallest absolute Gasteiger partial charge is 0.301 e. The van der Waals surface area contributed by atoms with Gasteiger partial charge in [-0.15, -0.1) is 0 Å². The average molecular weight is 779 g/mol. The Balaban J connectivity index is 0.000000253. The van der Waals surface area contributed by atoms with Gasteiger partial charge in [0, 0.05) is 12.1 Å². The third-order valence-corrected chi connectivity index (χ3v) is 8.99. The number of hydrazine groups is 2. The predicted octanol–water partition coefficient (Wildman–Crippen LogP) is 10.5. The molecule has 0 heterocycles. The minimum Gasteiger partial charge on any atom is -0.314 e. The normalized spacial score (nSPS) is 11.2. The molecule has 0 fully saturated rings. The molecule has 0 unspecified atom stereocenters. The van der Waals surface area contributed by atoms with Crippen molar-refractivity contribution in [1.82, 2.24) is 5.43 Å². The van der Waals surface area contributed by atoms with Gasteiger partial charge in [-0.05, 0) is 71.0 Å². The number of nitrogens with one attached hydrogen (secondary N) is 4. The van der Waals surface area contributed by atoms with Crippen molar-refractivity contribution in [1.29, 1.82) is 0 Å². The molecule has 0 radical (unpaired) electrons. The molecule has 0 aliphatic rings. The first-order valence-electron chi connectivity index (χ1n) is 17.9. The van der Waals surface area contributed by atoms with Crippen molar-refractivity contribution in [2.45, 2.75) is 66.3 Å². The van der Waals surface area contributed by atoms with Crippen molar-refractivity contribution in [3.63, 3.8) is 0 Å². The van der Waals surface area contributed by atoms with E-state index in [1.165, 1.54) is 17.7 Å². The zero-order valence-electron chi connectivity index (χ0n) is 32.7. The van der Waals surface area contributed by atoms with Crippen molar-refractivity contribution in [3.05, 3.63) is 177 Å². The number of aryl methyl sites for hydroxylation is 2. The van der Waals surface area contributed by atoms with Crippen molar-refractivity contribution in [2.75, 3.05) is 16.3 Å². The predicted molar refractivity (Wildman–Crippen MR) is 221 cm³/mol. The number of nitro benzene ring substituents is 4. The molecule has 57 heavy (non-hydrogen) atoms. The molecule has 16 nitrogen and oxygen atoms in total. The van der Waals surface area contributed by atoms with Crippen LogP contribution in [0.3, 0.4) is 0 Å². The Hall–Kier alpha value is -6.94. The maximum Gasteiger partial charge on any atom is 0.301 e. The SMILES string of the molecule is Cc1cc([N+](=O)[O-])cc([N+](=O)[O-])c1NNC(c1ccccc1)c1ccccc1.Cc1cc([N+](=O)[O-])cc([N+](=O)[O-])c1NNc1ccc(C(C)(C)CC(C)(C)C)cc1. The first kappa shape index (κ1) is 42.8. The van der Waals surface area contributed by atoms with Crippen LogP contribution in [0.4, 0.5) is 39.8 Å². The molecule has 0 aliphatic carbocycles. The van der Waals surface area contributed by atoms with Gasteiger partial charge < -0.3 is 10.9 Å². The number of nitro groups is 4. The molecule has 298 valence electrons. The molecule has 4 N–H and O–H groups in total. The Morgan fingerprint density at radius 2 is 0.965 bits per heavy atom. The van der Waals surface area contributed by atoms with Crippen LogP contribution in [0.5, 0.6) is 0 Å². The highest BCUT2D eigenvalue weighted by Gasteiger charge is 2.28. The lowest BCUT2D eigenvalue weighted by Crippen LogP contribution is -2.29. The summed E-state index contributed by atoms with van der Waals surface area (Å²) in [6.45, 7) is 14.2. The fraction of sp³-hybridized carbons (Fsp3) is 0.268. The van der Waals surface area contributed by atoms with Crippen molar-refractivity contribution < 1.29 is 19.7 Å². The second-order valence-corrected chi connectivity index (χ2v) is 15.3. The van der Waals surface area contributed by atoms with E-state index in [0.29, 0.717) is 11.1 Å². The number of anilines is 3. The van der Waals surface area contributed by atoms with Gasteiger partial charge in [0.05, 0.1) is 43.6 Å². The largest absolute Gasteiger partial charge is 0.314 e. The van der Waals surface area contributed by atoms with Crippen LogP contribution in [0.25, 0.3) is 0 Å². The van der Waals surface area contributed by atoms with Crippen molar-refractivity contribution in [3.8, 4) is 0 Å². The molecular weight excluding hydrogens is 732 g/mol. The van der Waals surface area contributed by atoms with Gasteiger partial charge in [-0.25, -0.2) is 5.43 Å². The fourth-order valence-electron chi connectivity index (χ4n) is 6.69. The zero-order valence-corrected chi connectivity index (χ0v) is 32.7. The summed E-state index contributed by atoms with van der Waals surface area (Å²) in [7, 11) is 0. The monoisotopic (exact) mass is 778 g/mol. The lowest BCUT2D eigenvalue weighted by molar-refractivity contribution is -0.393. The lowest BCUT2D eigenvalue weighted by atomic mass is 9.72. The van der Waals surface area contributed by atoms with E-state index in [2.05, 4.69) is 56.3 Å². The van der Waals surface area contributed by atoms with Crippen LogP contribution < -0.4 is 21.7 Å². The van der Waals surface area contributed by atoms with E-state index < -0.39 is 19.7 Å². The van der Waals surface area contributed by atoms with Gasteiger partial charge in [-0.2, -0.15) is 0 Å². The van der Waals surface area contributed by atoms with E-state index in [1.54, 1.807) is 13.8 Å². The quantitative estimate of drug-likeness (QED) is 0.0611. The highest BCUT2D eigenvalue weighted by molar-refractivity contribution is 5.72. The van der Waals surface area contributed by atoms with E-state index in [1.807, 2.05) is 84.9 Å². The van der Waals surface area contributed by atoms with Crippen LogP contribution in [0.1, 0.15) is 74.9 Å². The fourth-order valence-corrected chi connectivity index (χ4v) is 6.69. The van der Waals surface area contributed by atoms with E-state index in [9.17, 15) is 40.5 Å². The Morgan fingerprint density at radius 1 is 0.544 bits per heavy atom. The summed E-state index contributed by atoms with van der Waals surface area (Å²) >= 11 is 0. The molecule has 0 amide bonds. The molecule has 5 aromatic carbocycles. The van der Waals surface area contributed by atoms with Crippen LogP contribution in [-0.2, 0) is 5.41 Å². The number of rotatable bonds is 14. The van der Waals surface area contributed by atoms with Crippen LogP contribution >= 0.6 is 0 Å². The van der Waals surface area contributed by atoms with Crippen LogP contribution in [0.15, 0.2) is 109 Å². The van der Waals surface area contributed by atoms with Gasteiger partial charge in [-0.3, -0.25) is 45.9 Å². The number of non-ortho nitro benzene ring substituents is 2. The molecule has 0 saturated heterocycles. The molecule has 5 aromatic rings. The number of hydrogen-bond acceptors (Lipinski definition) is 12. The minimum absolute atomic E-state index is 0.0119. The average Bonchev–Trinajstić information content (AvgIpc) is 3.14. The molecule has 0 bridgehead atoms. The maximum atomic E-state index is 11.4. The van der Waals surface area contributed by atoms with Gasteiger partial charge in [0.1, 0.15) is 11.4 Å². The van der Waals surface area contributed by atoms with Crippen LogP contribution in [-0.4, -0.2) is 19.7 Å². The van der Waals surface area contributed by atoms with E-state index in [-0.39, 0.29) is 51.0 Å². The van der Waals surface area contributed by atoms with Crippen molar-refractivity contribution in [2.24, 2.45) is 5.41 Å². The minimum atomic E-state index is -0.645. The maximum absolute atomic E-state index is 11.4. The Labute approximate surface area is 329 Å². The topological polar surface area (TPSA) is 221 Å². The van der Waals surface area contributed by atoms with Crippen molar-refractivity contribution >= 4 is 39.8 Å². The molecule has 0 saturated carbocycles. The molecule has 0 aromatic heterocycles. The number of hydrogen-bond donors (Lipinski definition) is 4. The van der Waals surface area contributed by atoms with E-state index in [4.69, 9.17) is 0 Å². The summed E-state index contributed by atoms with van der Waals surface area (Å²) in [6.07, 6.45) is 1.03. The summed E-state index contributed by atoms with van der Waals surface area (Å²) in [6, 6.07) is 31.3. The third kappa shape index (κ3) is 11.5. The zero-order chi connectivity index (χ0) is 42.1. The van der Waals surface area contributed by atoms with Gasteiger partial charge in [-0.1, -0.05) is 107 Å². The second kappa shape index (κ2) is 18.1.